The predicted molar refractivity (Wildman–Crippen MR) is 79.6 cm³/mol. The first-order chi connectivity index (χ1) is 10.6. The number of ether oxygens (including phenoxy) is 2. The van der Waals surface area contributed by atoms with Crippen LogP contribution in [0.15, 0.2) is 28.8 Å². The van der Waals surface area contributed by atoms with Crippen molar-refractivity contribution in [3.05, 3.63) is 30.0 Å². The molecule has 1 amide bonds. The van der Waals surface area contributed by atoms with Gasteiger partial charge in [-0.05, 0) is 24.1 Å². The van der Waals surface area contributed by atoms with Gasteiger partial charge in [-0.2, -0.15) is 0 Å². The lowest BCUT2D eigenvalue weighted by Crippen LogP contribution is -2.28. The molecule has 0 aliphatic carbocycles. The Hall–Kier alpha value is -2.50. The lowest BCUT2D eigenvalue weighted by Gasteiger charge is -2.05. The molecule has 0 unspecified atom stereocenters. The highest BCUT2D eigenvalue weighted by atomic mass is 16.7. The molecular weight excluding hydrogens is 284 g/mol. The number of hydrogen-bond acceptors (Lipinski definition) is 5. The molecule has 0 saturated heterocycles. The second kappa shape index (κ2) is 6.09. The fourth-order valence-corrected chi connectivity index (χ4v) is 2.13. The quantitative estimate of drug-likeness (QED) is 0.918. The molecule has 1 N–H and O–H groups in total. The van der Waals surface area contributed by atoms with Gasteiger partial charge in [0, 0.05) is 18.2 Å². The van der Waals surface area contributed by atoms with Crippen LogP contribution in [0.4, 0.5) is 0 Å². The summed E-state index contributed by atoms with van der Waals surface area (Å²) in [7, 11) is 0. The van der Waals surface area contributed by atoms with E-state index in [1.54, 1.807) is 6.07 Å². The molecule has 0 atom stereocenters. The summed E-state index contributed by atoms with van der Waals surface area (Å²) >= 11 is 0. The van der Waals surface area contributed by atoms with E-state index in [1.807, 2.05) is 32.0 Å². The van der Waals surface area contributed by atoms with Gasteiger partial charge in [-0.1, -0.05) is 19.0 Å². The summed E-state index contributed by atoms with van der Waals surface area (Å²) in [5.74, 6) is 2.37. The van der Waals surface area contributed by atoms with Gasteiger partial charge < -0.3 is 19.3 Å². The van der Waals surface area contributed by atoms with Crippen LogP contribution in [0.1, 0.15) is 19.5 Å². The van der Waals surface area contributed by atoms with Crippen molar-refractivity contribution >= 4 is 5.91 Å². The largest absolute Gasteiger partial charge is 0.454 e. The van der Waals surface area contributed by atoms with Crippen LogP contribution < -0.4 is 14.8 Å². The van der Waals surface area contributed by atoms with Crippen molar-refractivity contribution in [2.45, 2.75) is 20.3 Å². The number of aromatic nitrogens is 1. The van der Waals surface area contributed by atoms with Gasteiger partial charge in [0.2, 0.25) is 12.7 Å². The number of benzene rings is 1. The number of nitrogens with zero attached hydrogens (tertiary/aromatic N) is 1. The monoisotopic (exact) mass is 302 g/mol. The summed E-state index contributed by atoms with van der Waals surface area (Å²) in [6.45, 7) is 4.99. The van der Waals surface area contributed by atoms with Gasteiger partial charge >= 0.3 is 0 Å². The fraction of sp³-hybridized carbons (Fsp3) is 0.375. The number of rotatable bonds is 5. The molecule has 1 aliphatic heterocycles. The summed E-state index contributed by atoms with van der Waals surface area (Å²) in [4.78, 5) is 11.8. The summed E-state index contributed by atoms with van der Waals surface area (Å²) < 4.78 is 15.9. The molecule has 2 aromatic rings. The lowest BCUT2D eigenvalue weighted by molar-refractivity contribution is -0.120. The second-order valence-corrected chi connectivity index (χ2v) is 5.63. The van der Waals surface area contributed by atoms with Crippen LogP contribution >= 0.6 is 0 Å². The van der Waals surface area contributed by atoms with Gasteiger partial charge in [0.25, 0.3) is 0 Å². The van der Waals surface area contributed by atoms with Crippen LogP contribution in [0.3, 0.4) is 0 Å². The van der Waals surface area contributed by atoms with E-state index in [1.165, 1.54) is 0 Å². The molecule has 0 bridgehead atoms. The van der Waals surface area contributed by atoms with Gasteiger partial charge in [0.05, 0.1) is 12.1 Å². The minimum absolute atomic E-state index is 0.0563. The molecule has 116 valence electrons. The molecule has 0 saturated carbocycles. The number of nitrogens with one attached hydrogen (secondary N) is 1. The molecule has 2 heterocycles. The number of hydrogen-bond donors (Lipinski definition) is 1. The summed E-state index contributed by atoms with van der Waals surface area (Å²) in [6, 6.07) is 7.31. The highest BCUT2D eigenvalue weighted by Gasteiger charge is 2.16. The fourth-order valence-electron chi connectivity index (χ4n) is 2.13. The Balaban J connectivity index is 1.67. The van der Waals surface area contributed by atoms with Gasteiger partial charge in [-0.25, -0.2) is 0 Å². The molecular formula is C16H18N2O4. The van der Waals surface area contributed by atoms with Crippen molar-refractivity contribution < 1.29 is 18.8 Å². The van der Waals surface area contributed by atoms with Crippen LogP contribution in [0, 0.1) is 5.92 Å². The standard InChI is InChI=1S/C16H18N2O4/c1-10(2)8-17-16(19)7-12-6-14(22-18-12)11-3-4-13-15(5-11)21-9-20-13/h3-6,10H,7-9H2,1-2H3,(H,17,19). The smallest absolute Gasteiger partial charge is 0.231 e. The van der Waals surface area contributed by atoms with Crippen LogP contribution in [0.2, 0.25) is 0 Å². The number of fused-ring (bicyclic) bond motifs is 1. The van der Waals surface area contributed by atoms with Crippen molar-refractivity contribution in [2.75, 3.05) is 13.3 Å². The van der Waals surface area contributed by atoms with E-state index in [0.29, 0.717) is 29.7 Å². The molecule has 1 aromatic carbocycles. The molecule has 1 aliphatic rings. The first-order valence-corrected chi connectivity index (χ1v) is 7.24. The predicted octanol–water partition coefficient (Wildman–Crippen LogP) is 2.38. The zero-order valence-corrected chi connectivity index (χ0v) is 12.6. The van der Waals surface area contributed by atoms with Crippen molar-refractivity contribution in [3.63, 3.8) is 0 Å². The van der Waals surface area contributed by atoms with Gasteiger partial charge in [0.15, 0.2) is 17.3 Å². The molecule has 0 radical (unpaired) electrons. The molecule has 1 aromatic heterocycles. The number of carbonyl (C=O) groups is 1. The highest BCUT2D eigenvalue weighted by Crippen LogP contribution is 2.35. The minimum Gasteiger partial charge on any atom is -0.454 e. The summed E-state index contributed by atoms with van der Waals surface area (Å²) in [6.07, 6.45) is 0.209. The third kappa shape index (κ3) is 3.21. The highest BCUT2D eigenvalue weighted by molar-refractivity contribution is 5.78. The topological polar surface area (TPSA) is 73.6 Å². The molecule has 6 nitrogen and oxygen atoms in total. The van der Waals surface area contributed by atoms with E-state index in [9.17, 15) is 4.79 Å². The first kappa shape index (κ1) is 14.4. The van der Waals surface area contributed by atoms with Crippen LogP contribution in [0.25, 0.3) is 11.3 Å². The van der Waals surface area contributed by atoms with Crippen LogP contribution in [-0.4, -0.2) is 24.4 Å². The number of amides is 1. The molecule has 3 rings (SSSR count). The maximum absolute atomic E-state index is 11.8. The minimum atomic E-state index is -0.0563. The van der Waals surface area contributed by atoms with E-state index < -0.39 is 0 Å². The first-order valence-electron chi connectivity index (χ1n) is 7.24. The second-order valence-electron chi connectivity index (χ2n) is 5.63. The molecule has 22 heavy (non-hydrogen) atoms. The zero-order chi connectivity index (χ0) is 15.5. The Bertz CT molecular complexity index is 679. The average Bonchev–Trinajstić information content (AvgIpc) is 3.12. The van der Waals surface area contributed by atoms with Crippen LogP contribution in [-0.2, 0) is 11.2 Å². The Morgan fingerprint density at radius 1 is 1.27 bits per heavy atom. The normalized spacial score (nSPS) is 12.7. The van der Waals surface area contributed by atoms with E-state index in [4.69, 9.17) is 14.0 Å². The Labute approximate surface area is 128 Å². The maximum atomic E-state index is 11.8. The Morgan fingerprint density at radius 2 is 2.09 bits per heavy atom. The van der Waals surface area contributed by atoms with Crippen molar-refractivity contribution in [3.8, 4) is 22.8 Å². The van der Waals surface area contributed by atoms with Gasteiger partial charge in [-0.15, -0.1) is 0 Å². The lowest BCUT2D eigenvalue weighted by atomic mass is 10.1. The van der Waals surface area contributed by atoms with Crippen molar-refractivity contribution in [2.24, 2.45) is 5.92 Å². The summed E-state index contributed by atoms with van der Waals surface area (Å²) in [5.41, 5.74) is 1.44. The van der Waals surface area contributed by atoms with E-state index in [2.05, 4.69) is 10.5 Å². The number of carbonyl (C=O) groups excluding carboxylic acids is 1. The van der Waals surface area contributed by atoms with Gasteiger partial charge in [-0.3, -0.25) is 4.79 Å². The maximum Gasteiger partial charge on any atom is 0.231 e. The third-order valence-electron chi connectivity index (χ3n) is 3.27. The van der Waals surface area contributed by atoms with E-state index >= 15 is 0 Å². The van der Waals surface area contributed by atoms with Crippen LogP contribution in [0.5, 0.6) is 11.5 Å². The average molecular weight is 302 g/mol. The van der Waals surface area contributed by atoms with E-state index in [0.717, 1.165) is 11.3 Å². The molecule has 0 spiro atoms. The van der Waals surface area contributed by atoms with Crippen molar-refractivity contribution in [1.29, 1.82) is 0 Å². The molecule has 0 fully saturated rings. The van der Waals surface area contributed by atoms with Crippen molar-refractivity contribution in [1.82, 2.24) is 10.5 Å². The summed E-state index contributed by atoms with van der Waals surface area (Å²) in [5, 5.41) is 6.80. The zero-order valence-electron chi connectivity index (χ0n) is 12.6. The molecule has 6 heteroatoms. The van der Waals surface area contributed by atoms with E-state index in [-0.39, 0.29) is 19.1 Å². The van der Waals surface area contributed by atoms with Gasteiger partial charge in [0.1, 0.15) is 0 Å². The third-order valence-corrected chi connectivity index (χ3v) is 3.27. The SMILES string of the molecule is CC(C)CNC(=O)Cc1cc(-c2ccc3c(c2)OCO3)on1. The Kier molecular flexibility index (Phi) is 4.00. The Morgan fingerprint density at radius 3 is 2.91 bits per heavy atom.